The molecule has 2 heterocycles. The average Bonchev–Trinajstić information content (AvgIpc) is 3.14. The van der Waals surface area contributed by atoms with Crippen molar-refractivity contribution in [2.75, 3.05) is 9.80 Å². The molecule has 1 unspecified atom stereocenters. The van der Waals surface area contributed by atoms with Crippen LogP contribution in [0.5, 0.6) is 0 Å². The molecular weight excluding hydrogens is 591 g/mol. The van der Waals surface area contributed by atoms with Gasteiger partial charge in [-0.2, -0.15) is 0 Å². The third kappa shape index (κ3) is 4.46. The third-order valence-electron chi connectivity index (χ3n) is 12.7. The van der Waals surface area contributed by atoms with E-state index in [1.807, 2.05) is 0 Å². The standard InChI is InChI=1S/C46H47BN2/c1-46(2,3)33-26-28-40-37(29-33)47-44-36-20-9-6-15-32(36)25-27-43(44)49(39-22-11-17-31-14-5-8-19-35(31)39)42-24-12-23-41(45(42)47)48(40)38-21-10-16-30-13-4-7-18-34(30)38/h4,7,11-13,17-18,22-29,38H,5-6,8-10,14-16,19-21H2,1-3H3. The Morgan fingerprint density at radius 2 is 1.20 bits per heavy atom. The maximum absolute atomic E-state index is 2.79. The van der Waals surface area contributed by atoms with Crippen LogP contribution >= 0.6 is 0 Å². The van der Waals surface area contributed by atoms with Crippen molar-refractivity contribution in [2.45, 2.75) is 103 Å². The van der Waals surface area contributed by atoms with E-state index in [-0.39, 0.29) is 12.1 Å². The zero-order valence-electron chi connectivity index (χ0n) is 29.5. The van der Waals surface area contributed by atoms with Crippen LogP contribution in [0.1, 0.15) is 104 Å². The van der Waals surface area contributed by atoms with E-state index >= 15 is 0 Å². The molecule has 0 spiro atoms. The summed E-state index contributed by atoms with van der Waals surface area (Å²) in [5.41, 5.74) is 22.5. The first-order chi connectivity index (χ1) is 24.0. The predicted molar refractivity (Wildman–Crippen MR) is 208 cm³/mol. The lowest BCUT2D eigenvalue weighted by Gasteiger charge is -2.48. The minimum Gasteiger partial charge on any atom is -0.335 e. The molecule has 3 aliphatic carbocycles. The van der Waals surface area contributed by atoms with E-state index in [1.165, 1.54) is 127 Å². The Morgan fingerprint density at radius 3 is 2.06 bits per heavy atom. The third-order valence-corrected chi connectivity index (χ3v) is 12.7. The first-order valence-corrected chi connectivity index (χ1v) is 19.2. The van der Waals surface area contributed by atoms with Crippen molar-refractivity contribution in [3.63, 3.8) is 0 Å². The quantitative estimate of drug-likeness (QED) is 0.174. The zero-order chi connectivity index (χ0) is 32.9. The molecule has 1 atom stereocenters. The predicted octanol–water partition coefficient (Wildman–Crippen LogP) is 9.57. The summed E-state index contributed by atoms with van der Waals surface area (Å²) in [6, 6.07) is 36.6. The van der Waals surface area contributed by atoms with Crippen molar-refractivity contribution in [2.24, 2.45) is 0 Å². The van der Waals surface area contributed by atoms with Crippen LogP contribution in [0.3, 0.4) is 0 Å². The maximum Gasteiger partial charge on any atom is 0.252 e. The molecule has 244 valence electrons. The fourth-order valence-electron chi connectivity index (χ4n) is 10.4. The molecule has 0 saturated carbocycles. The van der Waals surface area contributed by atoms with Crippen molar-refractivity contribution in [3.8, 4) is 0 Å². The Bertz CT molecular complexity index is 2140. The van der Waals surface area contributed by atoms with Gasteiger partial charge in [0.15, 0.2) is 0 Å². The van der Waals surface area contributed by atoms with Gasteiger partial charge in [-0.15, -0.1) is 0 Å². The molecule has 3 heteroatoms. The molecule has 0 bridgehead atoms. The highest BCUT2D eigenvalue weighted by molar-refractivity contribution is 7.00. The highest BCUT2D eigenvalue weighted by atomic mass is 15.2. The van der Waals surface area contributed by atoms with Gasteiger partial charge in [-0.3, -0.25) is 0 Å². The van der Waals surface area contributed by atoms with E-state index in [2.05, 4.69) is 122 Å². The lowest BCUT2D eigenvalue weighted by molar-refractivity contribution is 0.559. The van der Waals surface area contributed by atoms with Crippen molar-refractivity contribution in [1.29, 1.82) is 0 Å². The van der Waals surface area contributed by atoms with E-state index < -0.39 is 0 Å². The van der Waals surface area contributed by atoms with E-state index in [1.54, 1.807) is 27.7 Å². The minimum absolute atomic E-state index is 0.0693. The second-order valence-electron chi connectivity index (χ2n) is 16.4. The lowest BCUT2D eigenvalue weighted by atomic mass is 9.32. The van der Waals surface area contributed by atoms with Gasteiger partial charge in [-0.1, -0.05) is 81.4 Å². The fourth-order valence-corrected chi connectivity index (χ4v) is 10.4. The summed E-state index contributed by atoms with van der Waals surface area (Å²) < 4.78 is 0. The van der Waals surface area contributed by atoms with Gasteiger partial charge < -0.3 is 9.80 Å². The summed E-state index contributed by atoms with van der Waals surface area (Å²) in [6.07, 6.45) is 13.5. The van der Waals surface area contributed by atoms with Crippen LogP contribution < -0.4 is 26.2 Å². The number of benzene rings is 5. The molecule has 0 amide bonds. The van der Waals surface area contributed by atoms with Crippen LogP contribution in [0.2, 0.25) is 0 Å². The normalized spacial score (nSPS) is 18.9. The van der Waals surface area contributed by atoms with Gasteiger partial charge >= 0.3 is 0 Å². The number of hydrogen-bond acceptors (Lipinski definition) is 2. The largest absolute Gasteiger partial charge is 0.335 e. The molecule has 0 saturated heterocycles. The monoisotopic (exact) mass is 638 g/mol. The summed E-state index contributed by atoms with van der Waals surface area (Å²) in [4.78, 5) is 5.50. The first-order valence-electron chi connectivity index (χ1n) is 19.2. The van der Waals surface area contributed by atoms with E-state index in [0.29, 0.717) is 6.04 Å². The summed E-state index contributed by atoms with van der Waals surface area (Å²) >= 11 is 0. The van der Waals surface area contributed by atoms with Gasteiger partial charge in [-0.05, 0) is 162 Å². The highest BCUT2D eigenvalue weighted by Crippen LogP contribution is 2.48. The summed E-state index contributed by atoms with van der Waals surface area (Å²) in [6.45, 7) is 7.35. The fraction of sp³-hybridized carbons (Fsp3) is 0.348. The Labute approximate surface area is 293 Å². The Balaban J connectivity index is 1.30. The van der Waals surface area contributed by atoms with Crippen molar-refractivity contribution < 1.29 is 0 Å². The molecule has 0 aromatic heterocycles. The number of hydrogen-bond donors (Lipinski definition) is 0. The molecule has 5 aliphatic rings. The molecule has 0 fully saturated rings. The molecule has 10 rings (SSSR count). The van der Waals surface area contributed by atoms with Gasteiger partial charge in [-0.25, -0.2) is 0 Å². The summed E-state index contributed by atoms with van der Waals surface area (Å²) in [5.74, 6) is 0. The van der Waals surface area contributed by atoms with Crippen molar-refractivity contribution in [3.05, 3.63) is 130 Å². The Kier molecular flexibility index (Phi) is 6.74. The molecule has 5 aromatic rings. The van der Waals surface area contributed by atoms with Gasteiger partial charge in [0.25, 0.3) is 6.71 Å². The van der Waals surface area contributed by atoms with Gasteiger partial charge in [0.2, 0.25) is 0 Å². The number of anilines is 5. The lowest BCUT2D eigenvalue weighted by Crippen LogP contribution is -2.63. The first kappa shape index (κ1) is 29.7. The SMILES string of the molecule is CC(C)(C)c1ccc2c(c1)B1c3c(cccc3N2C2CCCc3ccccc32)N(c2cccc3c2CCCC3)c2ccc3c(c21)CCCC3. The molecule has 0 radical (unpaired) electrons. The van der Waals surface area contributed by atoms with Crippen molar-refractivity contribution >= 4 is 51.5 Å². The molecule has 2 aliphatic heterocycles. The maximum atomic E-state index is 2.79. The highest BCUT2D eigenvalue weighted by Gasteiger charge is 2.46. The van der Waals surface area contributed by atoms with Gasteiger partial charge in [0, 0.05) is 28.4 Å². The van der Waals surface area contributed by atoms with Crippen LogP contribution in [-0.2, 0) is 37.5 Å². The second-order valence-corrected chi connectivity index (χ2v) is 16.4. The van der Waals surface area contributed by atoms with Crippen molar-refractivity contribution in [1.82, 2.24) is 0 Å². The van der Waals surface area contributed by atoms with Crippen LogP contribution in [0.15, 0.2) is 91.0 Å². The number of rotatable bonds is 2. The minimum atomic E-state index is 0.0693. The van der Waals surface area contributed by atoms with Crippen LogP contribution in [0.25, 0.3) is 0 Å². The van der Waals surface area contributed by atoms with E-state index in [9.17, 15) is 0 Å². The number of fused-ring (bicyclic) bond motifs is 8. The van der Waals surface area contributed by atoms with Gasteiger partial charge in [0.05, 0.1) is 6.04 Å². The summed E-state index contributed by atoms with van der Waals surface area (Å²) in [7, 11) is 0. The van der Waals surface area contributed by atoms with Gasteiger partial charge in [0.1, 0.15) is 0 Å². The zero-order valence-corrected chi connectivity index (χ0v) is 29.5. The van der Waals surface area contributed by atoms with E-state index in [4.69, 9.17) is 0 Å². The molecule has 0 N–H and O–H groups in total. The van der Waals surface area contributed by atoms with Crippen LogP contribution in [0.4, 0.5) is 28.4 Å². The Hall–Kier alpha value is -4.24. The average molecular weight is 639 g/mol. The molecule has 49 heavy (non-hydrogen) atoms. The molecular formula is C46H47BN2. The number of nitrogens with zero attached hydrogens (tertiary/aromatic N) is 2. The second kappa shape index (κ2) is 11.1. The molecule has 5 aromatic carbocycles. The smallest absolute Gasteiger partial charge is 0.252 e. The van der Waals surface area contributed by atoms with E-state index in [0.717, 1.165) is 0 Å². The summed E-state index contributed by atoms with van der Waals surface area (Å²) in [5, 5.41) is 0. The topological polar surface area (TPSA) is 6.48 Å². The Morgan fingerprint density at radius 1 is 0.551 bits per heavy atom. The van der Waals surface area contributed by atoms with Crippen LogP contribution in [-0.4, -0.2) is 6.71 Å². The van der Waals surface area contributed by atoms with Crippen LogP contribution in [0, 0.1) is 0 Å². The molecule has 2 nitrogen and oxygen atoms in total. The number of aryl methyl sites for hydroxylation is 3.